The first-order valence-electron chi connectivity index (χ1n) is 5.80. The predicted molar refractivity (Wildman–Crippen MR) is 62.3 cm³/mol. The highest BCUT2D eigenvalue weighted by Crippen LogP contribution is 2.33. The standard InChI is InChI=1S/C11H16O.C2H4O2/c1-9-7-8-11(12-9)10-5-3-2-4-6-10;1-4-2-3/h7-8,10H,2-6H2,1H3;2H,1H3. The van der Waals surface area contributed by atoms with Gasteiger partial charge in [0.15, 0.2) is 0 Å². The van der Waals surface area contributed by atoms with Crippen LogP contribution in [0, 0.1) is 6.92 Å². The van der Waals surface area contributed by atoms with Gasteiger partial charge in [0.1, 0.15) is 11.5 Å². The van der Waals surface area contributed by atoms with E-state index in [1.54, 1.807) is 0 Å². The Kier molecular flexibility index (Phi) is 5.68. The molecular weight excluding hydrogens is 204 g/mol. The van der Waals surface area contributed by atoms with Crippen molar-refractivity contribution in [2.24, 2.45) is 0 Å². The van der Waals surface area contributed by atoms with Gasteiger partial charge in [-0.25, -0.2) is 0 Å². The van der Waals surface area contributed by atoms with E-state index in [2.05, 4.69) is 16.9 Å². The van der Waals surface area contributed by atoms with Gasteiger partial charge in [-0.1, -0.05) is 19.3 Å². The first-order valence-corrected chi connectivity index (χ1v) is 5.80. The van der Waals surface area contributed by atoms with Gasteiger partial charge >= 0.3 is 0 Å². The molecule has 0 aliphatic heterocycles. The molecule has 0 bridgehead atoms. The Hall–Kier alpha value is -1.25. The number of rotatable bonds is 2. The smallest absolute Gasteiger partial charge is 0.292 e. The minimum absolute atomic E-state index is 0.375. The van der Waals surface area contributed by atoms with Gasteiger partial charge in [-0.15, -0.1) is 0 Å². The van der Waals surface area contributed by atoms with Crippen LogP contribution in [-0.2, 0) is 9.53 Å². The number of aryl methyl sites for hydroxylation is 1. The molecule has 3 heteroatoms. The van der Waals surface area contributed by atoms with E-state index in [1.165, 1.54) is 45.0 Å². The summed E-state index contributed by atoms with van der Waals surface area (Å²) < 4.78 is 9.48. The summed E-state index contributed by atoms with van der Waals surface area (Å²) in [7, 11) is 1.31. The van der Waals surface area contributed by atoms with Crippen LogP contribution in [-0.4, -0.2) is 13.6 Å². The molecule has 0 N–H and O–H groups in total. The average Bonchev–Trinajstić information content (AvgIpc) is 2.77. The third kappa shape index (κ3) is 4.09. The summed E-state index contributed by atoms with van der Waals surface area (Å²) in [5, 5.41) is 0. The van der Waals surface area contributed by atoms with Crippen molar-refractivity contribution in [3.05, 3.63) is 23.7 Å². The largest absolute Gasteiger partial charge is 0.471 e. The fourth-order valence-electron chi connectivity index (χ4n) is 2.06. The van der Waals surface area contributed by atoms with Gasteiger partial charge in [0.05, 0.1) is 7.11 Å². The van der Waals surface area contributed by atoms with E-state index in [9.17, 15) is 0 Å². The van der Waals surface area contributed by atoms with Crippen LogP contribution in [0.3, 0.4) is 0 Å². The number of carbonyl (C=O) groups excluding carboxylic acids is 1. The van der Waals surface area contributed by atoms with Gasteiger partial charge in [0, 0.05) is 5.92 Å². The Bertz CT molecular complexity index is 298. The fraction of sp³-hybridized carbons (Fsp3) is 0.615. The van der Waals surface area contributed by atoms with E-state index in [-0.39, 0.29) is 0 Å². The van der Waals surface area contributed by atoms with Gasteiger partial charge < -0.3 is 9.15 Å². The van der Waals surface area contributed by atoms with E-state index in [1.807, 2.05) is 6.92 Å². The molecule has 1 aromatic rings. The van der Waals surface area contributed by atoms with Gasteiger partial charge in [-0.3, -0.25) is 4.79 Å². The number of methoxy groups -OCH3 is 1. The van der Waals surface area contributed by atoms with E-state index in [4.69, 9.17) is 9.21 Å². The summed E-state index contributed by atoms with van der Waals surface area (Å²) in [6, 6.07) is 4.22. The van der Waals surface area contributed by atoms with E-state index >= 15 is 0 Å². The Morgan fingerprint density at radius 2 is 1.94 bits per heavy atom. The lowest BCUT2D eigenvalue weighted by molar-refractivity contribution is -0.126. The summed E-state index contributed by atoms with van der Waals surface area (Å²) in [6.45, 7) is 2.40. The number of carbonyl (C=O) groups is 1. The van der Waals surface area contributed by atoms with Crippen molar-refractivity contribution in [1.29, 1.82) is 0 Å². The molecule has 1 saturated carbocycles. The van der Waals surface area contributed by atoms with Crippen molar-refractivity contribution in [3.8, 4) is 0 Å². The molecule has 1 heterocycles. The quantitative estimate of drug-likeness (QED) is 0.722. The lowest BCUT2D eigenvalue weighted by Gasteiger charge is -2.18. The molecule has 0 radical (unpaired) electrons. The Morgan fingerprint density at radius 1 is 1.31 bits per heavy atom. The van der Waals surface area contributed by atoms with Gasteiger partial charge in [0.25, 0.3) is 6.47 Å². The second-order valence-corrected chi connectivity index (χ2v) is 4.12. The minimum atomic E-state index is 0.375. The molecule has 0 aromatic carbocycles. The summed E-state index contributed by atoms with van der Waals surface area (Å²) in [6.07, 6.45) is 6.82. The maximum Gasteiger partial charge on any atom is 0.292 e. The highest BCUT2D eigenvalue weighted by atomic mass is 16.5. The zero-order valence-electron chi connectivity index (χ0n) is 10.1. The SMILES string of the molecule is COC=O.Cc1ccc(C2CCCCC2)o1. The van der Waals surface area contributed by atoms with Crippen LogP contribution >= 0.6 is 0 Å². The molecule has 0 spiro atoms. The van der Waals surface area contributed by atoms with Crippen LogP contribution in [0.5, 0.6) is 0 Å². The molecule has 0 unspecified atom stereocenters. The van der Waals surface area contributed by atoms with Crippen LogP contribution in [0.2, 0.25) is 0 Å². The van der Waals surface area contributed by atoms with Crippen molar-refractivity contribution in [3.63, 3.8) is 0 Å². The summed E-state index contributed by atoms with van der Waals surface area (Å²) in [5.41, 5.74) is 0. The van der Waals surface area contributed by atoms with Gasteiger partial charge in [-0.05, 0) is 31.9 Å². The molecule has 0 atom stereocenters. The van der Waals surface area contributed by atoms with E-state index < -0.39 is 0 Å². The summed E-state index contributed by atoms with van der Waals surface area (Å²) in [4.78, 5) is 8.95. The summed E-state index contributed by atoms with van der Waals surface area (Å²) >= 11 is 0. The van der Waals surface area contributed by atoms with Crippen molar-refractivity contribution in [1.82, 2.24) is 0 Å². The van der Waals surface area contributed by atoms with Gasteiger partial charge in [0.2, 0.25) is 0 Å². The second kappa shape index (κ2) is 7.09. The third-order valence-electron chi connectivity index (χ3n) is 2.86. The normalized spacial score (nSPS) is 16.1. The number of furan rings is 1. The van der Waals surface area contributed by atoms with Crippen LogP contribution in [0.15, 0.2) is 16.5 Å². The molecule has 16 heavy (non-hydrogen) atoms. The Balaban J connectivity index is 0.000000280. The molecule has 3 nitrogen and oxygen atoms in total. The minimum Gasteiger partial charge on any atom is -0.471 e. The lowest BCUT2D eigenvalue weighted by atomic mass is 9.88. The highest BCUT2D eigenvalue weighted by Gasteiger charge is 2.17. The lowest BCUT2D eigenvalue weighted by Crippen LogP contribution is -2.02. The predicted octanol–water partition coefficient (Wildman–Crippen LogP) is 3.42. The second-order valence-electron chi connectivity index (χ2n) is 4.12. The molecular formula is C13H20O3. The number of hydrogen-bond donors (Lipinski definition) is 0. The van der Waals surface area contributed by atoms with E-state index in [0.29, 0.717) is 12.4 Å². The third-order valence-corrected chi connectivity index (χ3v) is 2.86. The maximum atomic E-state index is 8.95. The average molecular weight is 224 g/mol. The van der Waals surface area contributed by atoms with Crippen molar-refractivity contribution in [2.45, 2.75) is 44.9 Å². The van der Waals surface area contributed by atoms with Crippen LogP contribution in [0.4, 0.5) is 0 Å². The highest BCUT2D eigenvalue weighted by molar-refractivity contribution is 5.36. The van der Waals surface area contributed by atoms with Gasteiger partial charge in [-0.2, -0.15) is 0 Å². The van der Waals surface area contributed by atoms with E-state index in [0.717, 1.165) is 5.76 Å². The molecule has 2 rings (SSSR count). The number of hydrogen-bond acceptors (Lipinski definition) is 3. The summed E-state index contributed by atoms with van der Waals surface area (Å²) in [5.74, 6) is 2.98. The van der Waals surface area contributed by atoms with Crippen LogP contribution in [0.1, 0.15) is 49.5 Å². The van der Waals surface area contributed by atoms with Crippen LogP contribution in [0.25, 0.3) is 0 Å². The molecule has 1 fully saturated rings. The molecule has 0 amide bonds. The van der Waals surface area contributed by atoms with Crippen molar-refractivity contribution >= 4 is 6.47 Å². The zero-order valence-corrected chi connectivity index (χ0v) is 10.1. The topological polar surface area (TPSA) is 39.4 Å². The zero-order chi connectivity index (χ0) is 11.8. The molecule has 1 aromatic heterocycles. The van der Waals surface area contributed by atoms with Crippen molar-refractivity contribution < 1.29 is 13.9 Å². The first kappa shape index (κ1) is 12.8. The Labute approximate surface area is 96.8 Å². The molecule has 0 saturated heterocycles. The molecule has 1 aliphatic rings. The molecule has 90 valence electrons. The number of ether oxygens (including phenoxy) is 1. The first-order chi connectivity index (χ1) is 7.77. The Morgan fingerprint density at radius 3 is 2.38 bits per heavy atom. The fourth-order valence-corrected chi connectivity index (χ4v) is 2.06. The monoisotopic (exact) mass is 224 g/mol. The van der Waals surface area contributed by atoms with Crippen LogP contribution < -0.4 is 0 Å². The maximum absolute atomic E-state index is 8.95. The van der Waals surface area contributed by atoms with Crippen molar-refractivity contribution in [2.75, 3.05) is 7.11 Å². The molecule has 1 aliphatic carbocycles.